The maximum atomic E-state index is 11.9. The number of fused-ring (bicyclic) bond motifs is 1. The Morgan fingerprint density at radius 3 is 2.73 bits per heavy atom. The van der Waals surface area contributed by atoms with Crippen molar-refractivity contribution in [3.8, 4) is 5.75 Å². The number of nitrogens with zero attached hydrogens (tertiary/aromatic N) is 2. The van der Waals surface area contributed by atoms with Gasteiger partial charge in [0, 0.05) is 17.2 Å². The summed E-state index contributed by atoms with van der Waals surface area (Å²) in [7, 11) is 0. The second-order valence-electron chi connectivity index (χ2n) is 7.08. The van der Waals surface area contributed by atoms with Gasteiger partial charge in [-0.2, -0.15) is 0 Å². The normalized spacial score (nSPS) is 11.2. The quantitative estimate of drug-likeness (QED) is 0.298. The highest BCUT2D eigenvalue weighted by Gasteiger charge is 2.12. The van der Waals surface area contributed by atoms with Crippen LogP contribution >= 0.6 is 11.8 Å². The topological polar surface area (TPSA) is 78.4 Å². The van der Waals surface area contributed by atoms with Gasteiger partial charge in [-0.05, 0) is 54.7 Å². The molecular weight excluding hydrogens is 400 g/mol. The minimum atomic E-state index is -0.362. The summed E-state index contributed by atoms with van der Waals surface area (Å²) in [6, 6.07) is 13.5. The maximum Gasteiger partial charge on any atom is 0.336 e. The number of hydrogen-bond donors (Lipinski definition) is 0. The van der Waals surface area contributed by atoms with E-state index in [-0.39, 0.29) is 12.2 Å². The van der Waals surface area contributed by atoms with E-state index in [1.54, 1.807) is 0 Å². The van der Waals surface area contributed by atoms with Gasteiger partial charge >= 0.3 is 5.63 Å². The third kappa shape index (κ3) is 4.57. The lowest BCUT2D eigenvalue weighted by atomic mass is 10.1. The summed E-state index contributed by atoms with van der Waals surface area (Å²) < 4.78 is 16.9. The highest BCUT2D eigenvalue weighted by atomic mass is 32.2. The molecule has 0 saturated carbocycles. The lowest BCUT2D eigenvalue weighted by molar-refractivity contribution is 0.250. The predicted octanol–water partition coefficient (Wildman–Crippen LogP) is 5.23. The molecule has 0 amide bonds. The Morgan fingerprint density at radius 2 is 1.90 bits per heavy atom. The zero-order chi connectivity index (χ0) is 21.1. The minimum Gasteiger partial charge on any atom is -0.484 e. The molecule has 4 rings (SSSR count). The molecule has 2 heterocycles. The Hall–Kier alpha value is -3.06. The van der Waals surface area contributed by atoms with Crippen LogP contribution in [-0.4, -0.2) is 10.2 Å². The van der Waals surface area contributed by atoms with Crippen molar-refractivity contribution in [3.05, 3.63) is 81.0 Å². The molecular formula is C23H22N2O4S. The van der Waals surface area contributed by atoms with Gasteiger partial charge in [0.1, 0.15) is 11.3 Å². The molecule has 0 aliphatic rings. The third-order valence-corrected chi connectivity index (χ3v) is 5.66. The zero-order valence-corrected chi connectivity index (χ0v) is 17.9. The summed E-state index contributed by atoms with van der Waals surface area (Å²) >= 11 is 1.38. The Balaban J connectivity index is 1.44. The van der Waals surface area contributed by atoms with Crippen molar-refractivity contribution in [1.29, 1.82) is 0 Å². The van der Waals surface area contributed by atoms with Gasteiger partial charge in [0.25, 0.3) is 11.1 Å². The molecule has 0 aliphatic heterocycles. The van der Waals surface area contributed by atoms with Crippen LogP contribution in [0.4, 0.5) is 0 Å². The van der Waals surface area contributed by atoms with Gasteiger partial charge in [-0.3, -0.25) is 0 Å². The van der Waals surface area contributed by atoms with E-state index in [4.69, 9.17) is 13.6 Å². The fraction of sp³-hybridized carbons (Fsp3) is 0.261. The van der Waals surface area contributed by atoms with Gasteiger partial charge in [-0.1, -0.05) is 43.0 Å². The summed E-state index contributed by atoms with van der Waals surface area (Å²) in [6.45, 7) is 6.28. The monoisotopic (exact) mass is 422 g/mol. The van der Waals surface area contributed by atoms with Crippen LogP contribution < -0.4 is 10.4 Å². The van der Waals surface area contributed by atoms with E-state index in [9.17, 15) is 4.79 Å². The zero-order valence-electron chi connectivity index (χ0n) is 17.1. The van der Waals surface area contributed by atoms with E-state index in [1.165, 1.54) is 17.8 Å². The lowest BCUT2D eigenvalue weighted by Crippen LogP contribution is -2.00. The number of thioether (sulfide) groups is 1. The molecule has 0 N–H and O–H groups in total. The first-order valence-electron chi connectivity index (χ1n) is 9.72. The van der Waals surface area contributed by atoms with Crippen molar-refractivity contribution in [2.75, 3.05) is 0 Å². The summed E-state index contributed by atoms with van der Waals surface area (Å²) in [5, 5.41) is 9.48. The molecule has 6 nitrogen and oxygen atoms in total. The summed E-state index contributed by atoms with van der Waals surface area (Å²) in [5.74, 6) is 1.73. The first-order chi connectivity index (χ1) is 14.5. The van der Waals surface area contributed by atoms with E-state index < -0.39 is 0 Å². The Labute approximate surface area is 178 Å². The molecule has 0 fully saturated rings. The van der Waals surface area contributed by atoms with Crippen molar-refractivity contribution in [3.63, 3.8) is 0 Å². The first kappa shape index (κ1) is 20.2. The summed E-state index contributed by atoms with van der Waals surface area (Å²) in [5.41, 5.74) is 4.42. The molecule has 154 valence electrons. The maximum absolute atomic E-state index is 11.9. The van der Waals surface area contributed by atoms with Crippen LogP contribution in [0.25, 0.3) is 11.0 Å². The fourth-order valence-corrected chi connectivity index (χ4v) is 3.88. The van der Waals surface area contributed by atoms with Gasteiger partial charge in [-0.25, -0.2) is 4.79 Å². The van der Waals surface area contributed by atoms with Crippen LogP contribution in [0.15, 0.2) is 61.3 Å². The van der Waals surface area contributed by atoms with Crippen LogP contribution in [0.2, 0.25) is 0 Å². The third-order valence-electron chi connectivity index (χ3n) is 4.80. The average molecular weight is 423 g/mol. The van der Waals surface area contributed by atoms with Crippen LogP contribution in [0, 0.1) is 13.8 Å². The summed E-state index contributed by atoms with van der Waals surface area (Å²) in [4.78, 5) is 11.9. The number of hydrogen-bond acceptors (Lipinski definition) is 7. The molecule has 0 atom stereocenters. The van der Waals surface area contributed by atoms with Crippen molar-refractivity contribution >= 4 is 22.7 Å². The number of aromatic nitrogens is 2. The average Bonchev–Trinajstić information content (AvgIpc) is 3.20. The van der Waals surface area contributed by atoms with Crippen molar-refractivity contribution in [2.45, 2.75) is 44.8 Å². The van der Waals surface area contributed by atoms with Gasteiger partial charge in [0.15, 0.2) is 6.61 Å². The van der Waals surface area contributed by atoms with Gasteiger partial charge in [0.2, 0.25) is 0 Å². The molecule has 30 heavy (non-hydrogen) atoms. The highest BCUT2D eigenvalue weighted by Crippen LogP contribution is 2.27. The molecule has 0 bridgehead atoms. The van der Waals surface area contributed by atoms with E-state index >= 15 is 0 Å². The largest absolute Gasteiger partial charge is 0.484 e. The van der Waals surface area contributed by atoms with Gasteiger partial charge in [0.05, 0.1) is 0 Å². The second-order valence-corrected chi connectivity index (χ2v) is 8.01. The number of aryl methyl sites for hydroxylation is 3. The number of rotatable bonds is 7. The molecule has 0 spiro atoms. The van der Waals surface area contributed by atoms with Crippen molar-refractivity contribution < 1.29 is 13.6 Å². The highest BCUT2D eigenvalue weighted by molar-refractivity contribution is 7.98. The smallest absolute Gasteiger partial charge is 0.336 e. The first-order valence-corrected chi connectivity index (χ1v) is 10.7. The molecule has 0 saturated heterocycles. The van der Waals surface area contributed by atoms with Gasteiger partial charge in [-0.15, -0.1) is 10.2 Å². The van der Waals surface area contributed by atoms with Crippen LogP contribution in [0.5, 0.6) is 5.75 Å². The number of ether oxygens (including phenoxy) is 1. The summed E-state index contributed by atoms with van der Waals surface area (Å²) in [6.07, 6.45) is 0.882. The minimum absolute atomic E-state index is 0.204. The van der Waals surface area contributed by atoms with E-state index in [0.29, 0.717) is 22.4 Å². The molecule has 0 unspecified atom stereocenters. The Morgan fingerprint density at radius 1 is 1.03 bits per heavy atom. The molecule has 2 aromatic heterocycles. The predicted molar refractivity (Wildman–Crippen MR) is 116 cm³/mol. The Bertz CT molecular complexity index is 1250. The van der Waals surface area contributed by atoms with Crippen molar-refractivity contribution in [2.24, 2.45) is 0 Å². The molecule has 2 aromatic carbocycles. The molecule has 0 aliphatic carbocycles. The Kier molecular flexibility index (Phi) is 5.90. The fourth-order valence-electron chi connectivity index (χ4n) is 3.11. The van der Waals surface area contributed by atoms with Crippen LogP contribution in [0.1, 0.15) is 35.1 Å². The molecule has 0 radical (unpaired) electrons. The lowest BCUT2D eigenvalue weighted by Gasteiger charge is -2.07. The van der Waals surface area contributed by atoms with E-state index in [0.717, 1.165) is 39.8 Å². The van der Waals surface area contributed by atoms with Gasteiger partial charge < -0.3 is 13.6 Å². The standard InChI is InChI=1S/C23H22N2O4S/c1-4-16-7-8-18-17(11-22(26)28-20(18)10-16)13-30-23-25-24-21(29-23)12-27-19-9-14(2)5-6-15(19)3/h5-11H,4,12-13H2,1-3H3. The molecule has 7 heteroatoms. The molecule has 4 aromatic rings. The van der Waals surface area contributed by atoms with E-state index in [2.05, 4.69) is 17.1 Å². The van der Waals surface area contributed by atoms with Crippen molar-refractivity contribution in [1.82, 2.24) is 10.2 Å². The number of benzene rings is 2. The SMILES string of the molecule is CCc1ccc2c(CSc3nnc(COc4cc(C)ccc4C)o3)cc(=O)oc2c1. The second kappa shape index (κ2) is 8.75. The van der Waals surface area contributed by atoms with Crippen LogP contribution in [0.3, 0.4) is 0 Å². The van der Waals surface area contributed by atoms with E-state index in [1.807, 2.05) is 50.2 Å². The van der Waals surface area contributed by atoms with Crippen LogP contribution in [-0.2, 0) is 18.8 Å².